The molecular formula is C16H26NO7P. The van der Waals surface area contributed by atoms with Gasteiger partial charge < -0.3 is 14.6 Å². The normalized spacial score (nSPS) is 20.9. The minimum Gasteiger partial charge on any atom is -0.453 e. The van der Waals surface area contributed by atoms with Gasteiger partial charge in [0, 0.05) is 12.5 Å². The number of amides is 1. The lowest BCUT2D eigenvalue weighted by Gasteiger charge is -2.28. The Hall–Kier alpha value is -1.63. The lowest BCUT2D eigenvalue weighted by atomic mass is 9.82. The zero-order chi connectivity index (χ0) is 19.3. The number of Topliss-reactive ketones (excluding diaryl/α,β-unsaturated/α-hetero) is 1. The summed E-state index contributed by atoms with van der Waals surface area (Å²) in [6, 6.07) is -0.694. The molecule has 1 aliphatic rings. The zero-order valence-corrected chi connectivity index (χ0v) is 16.0. The first kappa shape index (κ1) is 21.4. The van der Waals surface area contributed by atoms with Crippen molar-refractivity contribution < 1.29 is 32.8 Å². The summed E-state index contributed by atoms with van der Waals surface area (Å²) in [5.41, 5.74) is -0.615. The third-order valence-electron chi connectivity index (χ3n) is 3.68. The Kier molecular flexibility index (Phi) is 7.41. The molecule has 3 atom stereocenters. The lowest BCUT2D eigenvalue weighted by molar-refractivity contribution is -0.128. The highest BCUT2D eigenvalue weighted by atomic mass is 31.2. The zero-order valence-electron chi connectivity index (χ0n) is 15.1. The predicted molar refractivity (Wildman–Crippen MR) is 91.7 cm³/mol. The van der Waals surface area contributed by atoms with Gasteiger partial charge in [0.25, 0.3) is 0 Å². The fourth-order valence-corrected chi connectivity index (χ4v) is 2.79. The number of hydrogen-bond acceptors (Lipinski definition) is 6. The van der Waals surface area contributed by atoms with Crippen molar-refractivity contribution in [3.05, 3.63) is 24.0 Å². The first-order chi connectivity index (χ1) is 11.5. The molecule has 0 spiro atoms. The van der Waals surface area contributed by atoms with Crippen LogP contribution in [0.25, 0.3) is 0 Å². The van der Waals surface area contributed by atoms with Gasteiger partial charge in [-0.05, 0) is 30.9 Å². The molecule has 0 aromatic rings. The van der Waals surface area contributed by atoms with Crippen LogP contribution in [0.3, 0.4) is 0 Å². The highest BCUT2D eigenvalue weighted by Crippen LogP contribution is 2.45. The molecule has 0 aliphatic heterocycles. The van der Waals surface area contributed by atoms with E-state index in [9.17, 15) is 19.0 Å². The summed E-state index contributed by atoms with van der Waals surface area (Å²) in [7, 11) is -1.78. The number of allylic oxidation sites excluding steroid dienone is 3. The van der Waals surface area contributed by atoms with Crippen LogP contribution < -0.4 is 5.32 Å². The number of carbonyl (C=O) groups excluding carboxylic acids is 2. The Labute approximate surface area is 147 Å². The van der Waals surface area contributed by atoms with Crippen LogP contribution in [-0.4, -0.2) is 37.0 Å². The van der Waals surface area contributed by atoms with E-state index in [-0.39, 0.29) is 17.5 Å². The van der Waals surface area contributed by atoms with Gasteiger partial charge in [0.05, 0.1) is 13.2 Å². The second kappa shape index (κ2) is 8.65. The fourth-order valence-electron chi connectivity index (χ4n) is 2.32. The molecule has 0 fully saturated rings. The number of ether oxygens (including phenoxy) is 1. The summed E-state index contributed by atoms with van der Waals surface area (Å²) in [6.45, 7) is 5.36. The van der Waals surface area contributed by atoms with Crippen molar-refractivity contribution in [2.75, 3.05) is 14.2 Å². The van der Waals surface area contributed by atoms with E-state index in [1.54, 1.807) is 39.0 Å². The third kappa shape index (κ3) is 7.02. The van der Waals surface area contributed by atoms with Gasteiger partial charge in [0.2, 0.25) is 0 Å². The molecule has 1 amide bonds. The van der Waals surface area contributed by atoms with Crippen LogP contribution in [0.1, 0.15) is 33.6 Å². The Morgan fingerprint density at radius 3 is 2.48 bits per heavy atom. The number of hydrogen-bond donors (Lipinski definition) is 2. The van der Waals surface area contributed by atoms with Gasteiger partial charge in [-0.25, -0.2) is 9.36 Å². The van der Waals surface area contributed by atoms with E-state index in [1.807, 2.05) is 0 Å². The average molecular weight is 375 g/mol. The van der Waals surface area contributed by atoms with Crippen LogP contribution in [0.15, 0.2) is 24.0 Å². The van der Waals surface area contributed by atoms with Gasteiger partial charge in [-0.1, -0.05) is 26.8 Å². The van der Waals surface area contributed by atoms with E-state index in [0.717, 1.165) is 7.11 Å². The van der Waals surface area contributed by atoms with Crippen molar-refractivity contribution in [1.29, 1.82) is 0 Å². The number of nitrogens with one attached hydrogen (secondary N) is 1. The third-order valence-corrected chi connectivity index (χ3v) is 4.58. The molecule has 3 unspecified atom stereocenters. The van der Waals surface area contributed by atoms with Crippen molar-refractivity contribution in [1.82, 2.24) is 5.32 Å². The number of carbonyl (C=O) groups is 2. The lowest BCUT2D eigenvalue weighted by Crippen LogP contribution is -2.46. The van der Waals surface area contributed by atoms with Crippen LogP contribution >= 0.6 is 7.82 Å². The maximum absolute atomic E-state index is 12.6. The van der Waals surface area contributed by atoms with Crippen molar-refractivity contribution in [3.63, 3.8) is 0 Å². The van der Waals surface area contributed by atoms with E-state index in [4.69, 9.17) is 4.52 Å². The van der Waals surface area contributed by atoms with Crippen molar-refractivity contribution >= 4 is 19.7 Å². The molecule has 0 bridgehead atoms. The molecule has 2 N–H and O–H groups in total. The first-order valence-electron chi connectivity index (χ1n) is 7.84. The SMILES string of the molecule is COC(=O)NC(CC1C=CC(OP(=O)(O)OC)=CC1)C(=O)C(C)(C)C. The summed E-state index contributed by atoms with van der Waals surface area (Å²) in [5.74, 6) is 0.0848. The second-order valence-electron chi connectivity index (χ2n) is 6.74. The maximum Gasteiger partial charge on any atom is 0.527 e. The molecule has 0 radical (unpaired) electrons. The topological polar surface area (TPSA) is 111 Å². The quantitative estimate of drug-likeness (QED) is 0.658. The molecule has 1 aliphatic carbocycles. The van der Waals surface area contributed by atoms with E-state index in [0.29, 0.717) is 12.8 Å². The largest absolute Gasteiger partial charge is 0.527 e. The second-order valence-corrected chi connectivity index (χ2v) is 8.23. The molecule has 25 heavy (non-hydrogen) atoms. The van der Waals surface area contributed by atoms with Gasteiger partial charge in [-0.2, -0.15) is 0 Å². The standard InChI is InChI=1S/C16H26NO7P/c1-16(2,3)14(18)13(17-15(19)22-4)10-11-6-8-12(9-7-11)24-25(20,21)23-5/h6,8-9,11,13H,7,10H2,1-5H3,(H,17,19)(H,20,21). The van der Waals surface area contributed by atoms with Crippen LogP contribution in [0, 0.1) is 11.3 Å². The van der Waals surface area contributed by atoms with E-state index >= 15 is 0 Å². The smallest absolute Gasteiger partial charge is 0.453 e. The van der Waals surface area contributed by atoms with E-state index in [2.05, 4.69) is 14.6 Å². The van der Waals surface area contributed by atoms with Crippen LogP contribution in [-0.2, 0) is 23.1 Å². The van der Waals surface area contributed by atoms with Gasteiger partial charge in [-0.15, -0.1) is 0 Å². The van der Waals surface area contributed by atoms with Crippen molar-refractivity contribution in [2.24, 2.45) is 11.3 Å². The van der Waals surface area contributed by atoms with Crippen molar-refractivity contribution in [2.45, 2.75) is 39.7 Å². The highest BCUT2D eigenvalue weighted by molar-refractivity contribution is 7.47. The first-order valence-corrected chi connectivity index (χ1v) is 9.33. The van der Waals surface area contributed by atoms with Crippen molar-refractivity contribution in [3.8, 4) is 0 Å². The Morgan fingerprint density at radius 1 is 1.40 bits per heavy atom. The Bertz CT molecular complexity index is 606. The molecule has 1 rings (SSSR count). The van der Waals surface area contributed by atoms with E-state index < -0.39 is 25.4 Å². The molecule has 0 saturated heterocycles. The van der Waals surface area contributed by atoms with Gasteiger partial charge in [0.1, 0.15) is 5.76 Å². The number of methoxy groups -OCH3 is 1. The maximum atomic E-state index is 12.6. The van der Waals surface area contributed by atoms with Crippen LogP contribution in [0.2, 0.25) is 0 Å². The highest BCUT2D eigenvalue weighted by Gasteiger charge is 2.33. The van der Waals surface area contributed by atoms with Crippen LogP contribution in [0.4, 0.5) is 4.79 Å². The molecule has 142 valence electrons. The summed E-state index contributed by atoms with van der Waals surface area (Å²) in [5, 5.41) is 2.58. The molecule has 0 heterocycles. The number of phosphoric ester groups is 1. The predicted octanol–water partition coefficient (Wildman–Crippen LogP) is 2.94. The number of ketones is 1. The number of alkyl carbamates (subject to hydrolysis) is 1. The minimum absolute atomic E-state index is 0.0403. The number of phosphoric acid groups is 1. The van der Waals surface area contributed by atoms with Gasteiger partial charge >= 0.3 is 13.9 Å². The van der Waals surface area contributed by atoms with Gasteiger partial charge in [-0.3, -0.25) is 14.2 Å². The molecule has 0 aromatic carbocycles. The Morgan fingerprint density at radius 2 is 2.04 bits per heavy atom. The van der Waals surface area contributed by atoms with E-state index in [1.165, 1.54) is 7.11 Å². The van der Waals surface area contributed by atoms with Gasteiger partial charge in [0.15, 0.2) is 5.78 Å². The molecule has 8 nitrogen and oxygen atoms in total. The Balaban J connectivity index is 2.76. The van der Waals surface area contributed by atoms with Crippen LogP contribution in [0.5, 0.6) is 0 Å². The molecule has 0 saturated carbocycles. The minimum atomic E-state index is -4.10. The molecular weight excluding hydrogens is 349 g/mol. The average Bonchev–Trinajstić information content (AvgIpc) is 2.54. The molecule has 0 aromatic heterocycles. The summed E-state index contributed by atoms with van der Waals surface area (Å²) >= 11 is 0. The fraction of sp³-hybridized carbons (Fsp3) is 0.625. The summed E-state index contributed by atoms with van der Waals surface area (Å²) < 4.78 is 25.2. The summed E-state index contributed by atoms with van der Waals surface area (Å²) in [6.07, 6.45) is 5.17. The number of rotatable bonds is 7. The monoisotopic (exact) mass is 375 g/mol. The summed E-state index contributed by atoms with van der Waals surface area (Å²) in [4.78, 5) is 33.4. The molecule has 9 heteroatoms.